The van der Waals surface area contributed by atoms with Gasteiger partial charge in [0, 0.05) is 60.9 Å². The Labute approximate surface area is 282 Å². The van der Waals surface area contributed by atoms with Crippen LogP contribution in [0.1, 0.15) is 63.0 Å². The maximum absolute atomic E-state index is 16.4. The number of aliphatic hydroxyl groups is 1. The number of ether oxygens (including phenoxy) is 1. The van der Waals surface area contributed by atoms with Crippen molar-refractivity contribution in [2.24, 2.45) is 5.92 Å². The third-order valence-corrected chi connectivity index (χ3v) is 13.7. The summed E-state index contributed by atoms with van der Waals surface area (Å²) in [5.74, 6) is -1.01. The molecule has 0 aromatic heterocycles. The van der Waals surface area contributed by atoms with Crippen molar-refractivity contribution in [1.82, 2.24) is 4.90 Å². The van der Waals surface area contributed by atoms with Crippen molar-refractivity contribution in [3.63, 3.8) is 0 Å². The number of carbonyl (C=O) groups excluding carboxylic acids is 4. The van der Waals surface area contributed by atoms with Gasteiger partial charge in [0.15, 0.2) is 5.60 Å². The van der Waals surface area contributed by atoms with E-state index in [4.69, 9.17) is 4.74 Å². The molecule has 5 atom stereocenters. The second-order valence-corrected chi connectivity index (χ2v) is 18.4. The maximum Gasteiger partial charge on any atom is 0.264 e. The Kier molecular flexibility index (Phi) is 8.48. The molecule has 7 rings (SSSR count). The lowest BCUT2D eigenvalue weighted by molar-refractivity contribution is -0.150. The zero-order valence-corrected chi connectivity index (χ0v) is 29.0. The van der Waals surface area contributed by atoms with Gasteiger partial charge in [-0.05, 0) is 74.7 Å². The minimum absolute atomic E-state index is 0.0153. The summed E-state index contributed by atoms with van der Waals surface area (Å²) >= 11 is 0. The van der Waals surface area contributed by atoms with Crippen LogP contribution in [0.4, 0.5) is 21.2 Å². The Balaban J connectivity index is 1.28. The average Bonchev–Trinajstić information content (AvgIpc) is 3.87. The average molecular weight is 677 g/mol. The molecule has 256 valence electrons. The number of hydrogen-bond donors (Lipinski definition) is 1. The van der Waals surface area contributed by atoms with Crippen LogP contribution in [-0.2, 0) is 36.1 Å². The second kappa shape index (κ2) is 12.4. The quantitative estimate of drug-likeness (QED) is 0.323. The van der Waals surface area contributed by atoms with E-state index in [1.165, 1.54) is 0 Å². The molecule has 4 amide bonds. The summed E-state index contributed by atoms with van der Waals surface area (Å²) in [4.78, 5) is 60.8. The van der Waals surface area contributed by atoms with Crippen molar-refractivity contribution in [3.05, 3.63) is 53.6 Å². The van der Waals surface area contributed by atoms with Gasteiger partial charge in [0.05, 0.1) is 37.4 Å². The molecule has 12 heteroatoms. The number of rotatable bonds is 8. The van der Waals surface area contributed by atoms with Gasteiger partial charge in [0.25, 0.3) is 5.91 Å². The lowest BCUT2D eigenvalue weighted by atomic mass is 9.82. The molecule has 5 aliphatic heterocycles. The third kappa shape index (κ3) is 5.36. The lowest BCUT2D eigenvalue weighted by Crippen LogP contribution is -2.45. The summed E-state index contributed by atoms with van der Waals surface area (Å²) in [5, 5.41) is 9.88. The van der Waals surface area contributed by atoms with E-state index in [2.05, 4.69) is 0 Å². The Bertz CT molecular complexity index is 1650. The first-order chi connectivity index (χ1) is 22.9. The van der Waals surface area contributed by atoms with E-state index in [0.717, 1.165) is 30.5 Å². The highest BCUT2D eigenvalue weighted by molar-refractivity contribution is 6.72. The van der Waals surface area contributed by atoms with Crippen LogP contribution in [0.5, 0.6) is 0 Å². The highest BCUT2D eigenvalue weighted by atomic mass is 28.4. The van der Waals surface area contributed by atoms with Crippen molar-refractivity contribution >= 4 is 49.1 Å². The zero-order valence-electron chi connectivity index (χ0n) is 28.0. The molecule has 5 aliphatic rings. The molecule has 1 N–H and O–H groups in total. The van der Waals surface area contributed by atoms with Gasteiger partial charge >= 0.3 is 0 Å². The van der Waals surface area contributed by atoms with Crippen LogP contribution in [0, 0.1) is 5.92 Å². The summed E-state index contributed by atoms with van der Waals surface area (Å²) in [6.07, 6.45) is 3.11. The molecule has 2 aromatic carbocycles. The van der Waals surface area contributed by atoms with E-state index < -0.39 is 31.6 Å². The number of likely N-dealkylation sites (tertiary alicyclic amines) is 1. The Morgan fingerprint density at radius 1 is 0.979 bits per heavy atom. The Morgan fingerprint density at radius 2 is 1.67 bits per heavy atom. The summed E-state index contributed by atoms with van der Waals surface area (Å²) in [5.41, 5.74) is 1.31. The maximum atomic E-state index is 16.4. The minimum atomic E-state index is -3.52. The number of halogens is 1. The fourth-order valence-corrected chi connectivity index (χ4v) is 11.5. The molecule has 2 aromatic rings. The van der Waals surface area contributed by atoms with E-state index in [1.807, 2.05) is 49.4 Å². The van der Waals surface area contributed by atoms with Gasteiger partial charge in [-0.3, -0.25) is 19.2 Å². The topological polar surface area (TPSA) is 111 Å². The smallest absolute Gasteiger partial charge is 0.264 e. The number of aliphatic hydroxyl groups excluding tert-OH is 1. The number of fused-ring (bicyclic) bond motifs is 2. The van der Waals surface area contributed by atoms with Crippen molar-refractivity contribution in [1.29, 1.82) is 0 Å². The number of anilines is 3. The number of carbonyl (C=O) groups is 4. The van der Waals surface area contributed by atoms with Crippen molar-refractivity contribution in [2.75, 3.05) is 40.9 Å². The normalized spacial score (nSPS) is 28.9. The number of nitrogens with zero attached hydrogens (tertiary/aromatic N) is 4. The van der Waals surface area contributed by atoms with Gasteiger partial charge in [-0.2, -0.15) is 0 Å². The molecule has 5 heterocycles. The minimum Gasteiger partial charge on any atom is -0.394 e. The molecule has 10 nitrogen and oxygen atoms in total. The number of benzene rings is 2. The molecule has 0 radical (unpaired) electrons. The van der Waals surface area contributed by atoms with Crippen LogP contribution < -0.4 is 14.7 Å². The van der Waals surface area contributed by atoms with E-state index in [0.29, 0.717) is 55.8 Å². The summed E-state index contributed by atoms with van der Waals surface area (Å²) < 4.78 is 23.3. The zero-order chi connectivity index (χ0) is 34.0. The largest absolute Gasteiger partial charge is 0.394 e. The molecule has 4 fully saturated rings. The summed E-state index contributed by atoms with van der Waals surface area (Å²) in [6, 6.07) is 13.0. The molecule has 0 saturated carbocycles. The monoisotopic (exact) mass is 676 g/mol. The number of amides is 4. The molecule has 0 bridgehead atoms. The summed E-state index contributed by atoms with van der Waals surface area (Å²) in [6.45, 7) is 6.94. The molecule has 0 unspecified atom stereocenters. The van der Waals surface area contributed by atoms with E-state index in [-0.39, 0.29) is 49.2 Å². The van der Waals surface area contributed by atoms with Crippen LogP contribution >= 0.6 is 0 Å². The highest BCUT2D eigenvalue weighted by Gasteiger charge is 2.67. The fraction of sp³-hybridized carbons (Fsp3) is 0.556. The molecule has 4 saturated heterocycles. The predicted molar refractivity (Wildman–Crippen MR) is 182 cm³/mol. The summed E-state index contributed by atoms with van der Waals surface area (Å²) in [7, 11) is -3.52. The van der Waals surface area contributed by atoms with Crippen molar-refractivity contribution < 1.29 is 33.1 Å². The van der Waals surface area contributed by atoms with Crippen LogP contribution in [0.15, 0.2) is 42.5 Å². The van der Waals surface area contributed by atoms with Crippen LogP contribution in [0.3, 0.4) is 0 Å². The van der Waals surface area contributed by atoms with Crippen molar-refractivity contribution in [3.8, 4) is 0 Å². The van der Waals surface area contributed by atoms with Gasteiger partial charge in [0.2, 0.25) is 26.1 Å². The van der Waals surface area contributed by atoms with E-state index in [1.54, 1.807) is 32.7 Å². The molecule has 48 heavy (non-hydrogen) atoms. The lowest BCUT2D eigenvalue weighted by Gasteiger charge is -2.31. The first kappa shape index (κ1) is 32.9. The van der Waals surface area contributed by atoms with Gasteiger partial charge in [-0.1, -0.05) is 19.1 Å². The van der Waals surface area contributed by atoms with Crippen molar-refractivity contribution in [2.45, 2.75) is 94.8 Å². The first-order valence-corrected chi connectivity index (χ1v) is 20.3. The fourth-order valence-electron chi connectivity index (χ4n) is 9.05. The second-order valence-electron chi connectivity index (χ2n) is 14.6. The molecular formula is C36H45FN4O6Si. The number of hydrogen-bond acceptors (Lipinski definition) is 6. The Morgan fingerprint density at radius 3 is 2.29 bits per heavy atom. The Hall–Kier alpha value is -3.61. The van der Waals surface area contributed by atoms with Crippen LogP contribution in [-0.4, -0.2) is 80.4 Å². The van der Waals surface area contributed by atoms with E-state index in [9.17, 15) is 24.3 Å². The SMILES string of the molecule is C[C@@H]1[C@@H]([Si](C)(C)F)[C@H](CC(=O)N2CCC[C@H]2CO)O[C@@]12C(=O)N(Cc1cccc(N3CCCC3=O)c1)c1ccc(N3CCCC3=O)cc12. The van der Waals surface area contributed by atoms with Gasteiger partial charge in [-0.15, -0.1) is 0 Å². The van der Waals surface area contributed by atoms with Gasteiger partial charge < -0.3 is 33.6 Å². The standard InChI is InChI=1S/C36H45FN4O6Si/c1-23-34(48(2,3)37)30(20-33(45)40-15-5-10-27(40)22-42)47-36(23)28-19-26(39-17-7-12-32(39)44)13-14-29(28)41(35(36)46)21-24-8-4-9-25(18-24)38-16-6-11-31(38)43/h4,8-9,13-14,18-19,23,27,30,34,42H,5-7,10-12,15-17,20-22H2,1-3H3/t23-,27+,30+,34-,36+/m1/s1. The van der Waals surface area contributed by atoms with Gasteiger partial charge in [0.1, 0.15) is 0 Å². The third-order valence-electron chi connectivity index (χ3n) is 11.2. The van der Waals surface area contributed by atoms with Gasteiger partial charge in [-0.25, -0.2) is 0 Å². The first-order valence-electron chi connectivity index (χ1n) is 17.4. The molecule has 1 spiro atoms. The highest BCUT2D eigenvalue weighted by Crippen LogP contribution is 2.61. The van der Waals surface area contributed by atoms with E-state index >= 15 is 4.11 Å². The van der Waals surface area contributed by atoms with Crippen LogP contribution in [0.2, 0.25) is 18.6 Å². The van der Waals surface area contributed by atoms with Crippen LogP contribution in [0.25, 0.3) is 0 Å². The molecular weight excluding hydrogens is 632 g/mol. The predicted octanol–water partition coefficient (Wildman–Crippen LogP) is 4.64. The molecule has 0 aliphatic carbocycles.